The quantitative estimate of drug-likeness (QED) is 0.862. The second-order valence-electron chi connectivity index (χ2n) is 7.82. The number of hydrogen-bond acceptors (Lipinski definition) is 4. The molecule has 0 saturated heterocycles. The number of nitrogens with one attached hydrogen (secondary N) is 1. The number of fused-ring (bicyclic) bond motifs is 1. The van der Waals surface area contributed by atoms with Crippen molar-refractivity contribution < 1.29 is 9.21 Å². The fraction of sp³-hybridized carbons (Fsp3) is 0.600. The zero-order valence-electron chi connectivity index (χ0n) is 16.5. The summed E-state index contributed by atoms with van der Waals surface area (Å²) in [6, 6.07) is 4.26. The Morgan fingerprint density at radius 2 is 2.23 bits per heavy atom. The number of hydrogen-bond donors (Lipinski definition) is 1. The average molecular weight is 358 g/mol. The summed E-state index contributed by atoms with van der Waals surface area (Å²) in [4.78, 5) is 15.1. The molecule has 0 aliphatic heterocycles. The van der Waals surface area contributed by atoms with Gasteiger partial charge in [0.15, 0.2) is 5.69 Å². The number of likely N-dealkylation sites (N-methyl/N-ethyl adjacent to an activating group) is 1. The van der Waals surface area contributed by atoms with Crippen LogP contribution >= 0.6 is 0 Å². The standard InChI is InChI=1S/C20H30N4O2/c1-13(2)12-23(4)15-7-9-18-17(10-15)19(22-24(18)5)20(25)21-11-16-8-6-14(3)26-16/h6,8,13,15H,7,9-12H2,1-5H3,(H,21,25)/t15-/m1/s1. The van der Waals surface area contributed by atoms with Gasteiger partial charge in [0.2, 0.25) is 0 Å². The van der Waals surface area contributed by atoms with Crippen LogP contribution in [0, 0.1) is 12.8 Å². The monoisotopic (exact) mass is 358 g/mol. The Labute approximate surface area is 155 Å². The van der Waals surface area contributed by atoms with Crippen molar-refractivity contribution in [2.75, 3.05) is 13.6 Å². The van der Waals surface area contributed by atoms with Crippen molar-refractivity contribution in [3.63, 3.8) is 0 Å². The predicted octanol–water partition coefficient (Wildman–Crippen LogP) is 2.70. The summed E-state index contributed by atoms with van der Waals surface area (Å²) >= 11 is 0. The van der Waals surface area contributed by atoms with Crippen LogP contribution in [0.5, 0.6) is 0 Å². The van der Waals surface area contributed by atoms with E-state index in [0.29, 0.717) is 24.2 Å². The molecule has 0 bridgehead atoms. The van der Waals surface area contributed by atoms with Crippen LogP contribution in [0.4, 0.5) is 0 Å². The van der Waals surface area contributed by atoms with Crippen molar-refractivity contribution in [2.24, 2.45) is 13.0 Å². The summed E-state index contributed by atoms with van der Waals surface area (Å²) in [6.07, 6.45) is 2.97. The van der Waals surface area contributed by atoms with E-state index in [2.05, 4.69) is 36.2 Å². The molecule has 0 unspecified atom stereocenters. The first-order chi connectivity index (χ1) is 12.3. The van der Waals surface area contributed by atoms with Gasteiger partial charge in [0.25, 0.3) is 5.91 Å². The Bertz CT molecular complexity index is 775. The van der Waals surface area contributed by atoms with Gasteiger partial charge in [-0.25, -0.2) is 0 Å². The second-order valence-corrected chi connectivity index (χ2v) is 7.82. The highest BCUT2D eigenvalue weighted by Crippen LogP contribution is 2.27. The Morgan fingerprint density at radius 1 is 1.46 bits per heavy atom. The average Bonchev–Trinajstić information content (AvgIpc) is 3.15. The summed E-state index contributed by atoms with van der Waals surface area (Å²) in [5.41, 5.74) is 2.86. The summed E-state index contributed by atoms with van der Waals surface area (Å²) in [5, 5.41) is 7.47. The van der Waals surface area contributed by atoms with Crippen LogP contribution in [0.15, 0.2) is 16.5 Å². The van der Waals surface area contributed by atoms with E-state index >= 15 is 0 Å². The Balaban J connectivity index is 1.72. The maximum absolute atomic E-state index is 12.7. The van der Waals surface area contributed by atoms with Crippen LogP contribution in [0.3, 0.4) is 0 Å². The normalized spacial score (nSPS) is 17.0. The molecule has 1 atom stereocenters. The molecular formula is C20H30N4O2. The number of nitrogens with zero attached hydrogens (tertiary/aromatic N) is 3. The van der Waals surface area contributed by atoms with Crippen LogP contribution in [0.25, 0.3) is 0 Å². The van der Waals surface area contributed by atoms with E-state index in [4.69, 9.17) is 4.42 Å². The van der Waals surface area contributed by atoms with E-state index < -0.39 is 0 Å². The lowest BCUT2D eigenvalue weighted by atomic mass is 9.90. The maximum Gasteiger partial charge on any atom is 0.272 e. The largest absolute Gasteiger partial charge is 0.465 e. The van der Waals surface area contributed by atoms with E-state index in [-0.39, 0.29) is 5.91 Å². The number of carbonyl (C=O) groups is 1. The number of rotatable bonds is 6. The second kappa shape index (κ2) is 7.66. The third-order valence-corrected chi connectivity index (χ3v) is 5.14. The topological polar surface area (TPSA) is 63.3 Å². The summed E-state index contributed by atoms with van der Waals surface area (Å²) in [6.45, 7) is 7.83. The molecule has 1 aliphatic rings. The molecule has 1 N–H and O–H groups in total. The molecule has 2 aromatic heterocycles. The molecule has 0 spiro atoms. The van der Waals surface area contributed by atoms with Crippen molar-refractivity contribution in [3.8, 4) is 0 Å². The zero-order valence-corrected chi connectivity index (χ0v) is 16.5. The molecule has 3 rings (SSSR count). The smallest absolute Gasteiger partial charge is 0.272 e. The first-order valence-corrected chi connectivity index (χ1v) is 9.43. The van der Waals surface area contributed by atoms with Crippen LogP contribution in [-0.2, 0) is 26.4 Å². The highest BCUT2D eigenvalue weighted by atomic mass is 16.3. The van der Waals surface area contributed by atoms with Crippen molar-refractivity contribution in [2.45, 2.75) is 52.6 Å². The zero-order chi connectivity index (χ0) is 18.8. The molecule has 0 fully saturated rings. The summed E-state index contributed by atoms with van der Waals surface area (Å²) in [5.74, 6) is 2.12. The van der Waals surface area contributed by atoms with Gasteiger partial charge in [-0.3, -0.25) is 9.48 Å². The Kier molecular flexibility index (Phi) is 5.51. The number of aryl methyl sites for hydroxylation is 2. The minimum absolute atomic E-state index is 0.122. The van der Waals surface area contributed by atoms with Crippen molar-refractivity contribution >= 4 is 5.91 Å². The lowest BCUT2D eigenvalue weighted by Gasteiger charge is -2.32. The Hall–Kier alpha value is -2.08. The molecule has 1 aliphatic carbocycles. The summed E-state index contributed by atoms with van der Waals surface area (Å²) < 4.78 is 7.40. The van der Waals surface area contributed by atoms with E-state index in [9.17, 15) is 4.79 Å². The van der Waals surface area contributed by atoms with Crippen molar-refractivity contribution in [3.05, 3.63) is 40.6 Å². The summed E-state index contributed by atoms with van der Waals surface area (Å²) in [7, 11) is 4.12. The molecule has 0 aromatic carbocycles. The van der Waals surface area contributed by atoms with Crippen LogP contribution < -0.4 is 5.32 Å². The molecule has 6 heteroatoms. The lowest BCUT2D eigenvalue weighted by molar-refractivity contribution is 0.0940. The molecular weight excluding hydrogens is 328 g/mol. The minimum Gasteiger partial charge on any atom is -0.465 e. The predicted molar refractivity (Wildman–Crippen MR) is 101 cm³/mol. The van der Waals surface area contributed by atoms with Gasteiger partial charge in [0.05, 0.1) is 6.54 Å². The van der Waals surface area contributed by atoms with Gasteiger partial charge in [0, 0.05) is 30.9 Å². The van der Waals surface area contributed by atoms with Crippen molar-refractivity contribution in [1.82, 2.24) is 20.0 Å². The highest BCUT2D eigenvalue weighted by molar-refractivity contribution is 5.94. The highest BCUT2D eigenvalue weighted by Gasteiger charge is 2.30. The third-order valence-electron chi connectivity index (χ3n) is 5.14. The van der Waals surface area contributed by atoms with Crippen LogP contribution in [0.2, 0.25) is 0 Å². The first-order valence-electron chi connectivity index (χ1n) is 9.43. The fourth-order valence-electron chi connectivity index (χ4n) is 3.89. The molecule has 2 aromatic rings. The Morgan fingerprint density at radius 3 is 2.88 bits per heavy atom. The van der Waals surface area contributed by atoms with Gasteiger partial charge in [0.1, 0.15) is 11.5 Å². The van der Waals surface area contributed by atoms with E-state index in [0.717, 1.165) is 42.9 Å². The molecule has 2 heterocycles. The lowest BCUT2D eigenvalue weighted by Crippen LogP contribution is -2.39. The van der Waals surface area contributed by atoms with Gasteiger partial charge < -0.3 is 14.6 Å². The van der Waals surface area contributed by atoms with E-state index in [1.54, 1.807) is 0 Å². The number of carbonyl (C=O) groups excluding carboxylic acids is 1. The minimum atomic E-state index is -0.122. The van der Waals surface area contributed by atoms with E-state index in [1.807, 2.05) is 30.8 Å². The SMILES string of the molecule is Cc1ccc(CNC(=O)c2nn(C)c3c2C[C@H](N(C)CC(C)C)CC3)o1. The van der Waals surface area contributed by atoms with Crippen LogP contribution in [0.1, 0.15) is 53.5 Å². The van der Waals surface area contributed by atoms with Gasteiger partial charge in [-0.2, -0.15) is 5.10 Å². The van der Waals surface area contributed by atoms with Gasteiger partial charge >= 0.3 is 0 Å². The van der Waals surface area contributed by atoms with Crippen LogP contribution in [-0.4, -0.2) is 40.2 Å². The fourth-order valence-corrected chi connectivity index (χ4v) is 3.89. The molecule has 142 valence electrons. The molecule has 0 saturated carbocycles. The van der Waals surface area contributed by atoms with Gasteiger partial charge in [-0.1, -0.05) is 13.8 Å². The number of furan rings is 1. The first kappa shape index (κ1) is 18.7. The van der Waals surface area contributed by atoms with Gasteiger partial charge in [-0.05, 0) is 51.3 Å². The molecule has 6 nitrogen and oxygen atoms in total. The molecule has 26 heavy (non-hydrogen) atoms. The van der Waals surface area contributed by atoms with Gasteiger partial charge in [-0.15, -0.1) is 0 Å². The number of amides is 1. The third kappa shape index (κ3) is 4.01. The molecule has 1 amide bonds. The maximum atomic E-state index is 12.7. The van der Waals surface area contributed by atoms with E-state index in [1.165, 1.54) is 5.69 Å². The van der Waals surface area contributed by atoms with Crippen molar-refractivity contribution in [1.29, 1.82) is 0 Å². The number of aromatic nitrogens is 2. The molecule has 0 radical (unpaired) electrons.